The zero-order chi connectivity index (χ0) is 33.0. The van der Waals surface area contributed by atoms with Crippen molar-refractivity contribution in [2.45, 2.75) is 78.3 Å². The molecule has 0 radical (unpaired) electrons. The minimum Gasteiger partial charge on any atom is -0.392 e. The predicted octanol–water partition coefficient (Wildman–Crippen LogP) is 6.54. The lowest BCUT2D eigenvalue weighted by molar-refractivity contribution is 0.275. The Hall–Kier alpha value is -4.60. The van der Waals surface area contributed by atoms with Gasteiger partial charge < -0.3 is 20.4 Å². The second-order valence-corrected chi connectivity index (χ2v) is 12.4. The summed E-state index contributed by atoms with van der Waals surface area (Å²) in [7, 11) is 0. The van der Waals surface area contributed by atoms with Crippen molar-refractivity contribution < 1.29 is 20.4 Å². The van der Waals surface area contributed by atoms with Crippen LogP contribution in [0.25, 0.3) is 0 Å². The summed E-state index contributed by atoms with van der Waals surface area (Å²) in [6, 6.07) is 23.4. The van der Waals surface area contributed by atoms with E-state index in [1.807, 2.05) is 42.5 Å². The molecule has 0 amide bonds. The molecule has 47 heavy (non-hydrogen) atoms. The average molecular weight is 623 g/mol. The standard InChI is InChI=1S/C43H42O4/c1-2-3-5-32-15-36(20-39(19-32)14-31-6-4-7-31)11-8-33-16-34(9-12-37-21-40(27-44)25-41(22-37)28-45)18-35(17-33)10-13-38-23-42(29-46)26-43(24-38)30-47/h15-26,31,44-47H,2-7,14,27-30H2,1H3. The molecule has 0 heterocycles. The fraction of sp³-hybridized carbons (Fsp3) is 0.302. The fourth-order valence-electron chi connectivity index (χ4n) is 5.82. The zero-order valence-electron chi connectivity index (χ0n) is 27.1. The minimum absolute atomic E-state index is 0.134. The Kier molecular flexibility index (Phi) is 12.1. The van der Waals surface area contributed by atoms with Gasteiger partial charge in [0.2, 0.25) is 0 Å². The Morgan fingerprint density at radius 2 is 0.809 bits per heavy atom. The molecule has 0 aromatic heterocycles. The van der Waals surface area contributed by atoms with Gasteiger partial charge in [0.1, 0.15) is 0 Å². The molecule has 0 aliphatic heterocycles. The number of aliphatic hydroxyl groups excluding tert-OH is 4. The highest BCUT2D eigenvalue weighted by molar-refractivity contribution is 5.56. The van der Waals surface area contributed by atoms with Gasteiger partial charge in [-0.25, -0.2) is 0 Å². The lowest BCUT2D eigenvalue weighted by Gasteiger charge is -2.25. The number of aryl methyl sites for hydroxylation is 1. The van der Waals surface area contributed by atoms with Gasteiger partial charge in [-0.15, -0.1) is 0 Å². The molecule has 1 saturated carbocycles. The van der Waals surface area contributed by atoms with Gasteiger partial charge in [0.25, 0.3) is 0 Å². The van der Waals surface area contributed by atoms with Crippen molar-refractivity contribution in [2.75, 3.05) is 0 Å². The molecule has 0 spiro atoms. The molecule has 0 unspecified atom stereocenters. The minimum atomic E-state index is -0.134. The summed E-state index contributed by atoms with van der Waals surface area (Å²) in [5, 5.41) is 38.6. The van der Waals surface area contributed by atoms with Crippen LogP contribution in [0.15, 0.2) is 72.8 Å². The van der Waals surface area contributed by atoms with Crippen molar-refractivity contribution in [1.29, 1.82) is 0 Å². The molecule has 1 aliphatic carbocycles. The van der Waals surface area contributed by atoms with Crippen LogP contribution in [0, 0.1) is 41.4 Å². The highest BCUT2D eigenvalue weighted by atomic mass is 16.3. The summed E-state index contributed by atoms with van der Waals surface area (Å²) in [4.78, 5) is 0. The first-order valence-corrected chi connectivity index (χ1v) is 16.5. The SMILES string of the molecule is CCCCc1cc(C#Cc2cc(C#Cc3cc(CO)cc(CO)c3)cc(C#Cc3cc(CO)cc(CO)c3)c2)cc(CC2CCC2)c1. The molecular weight excluding hydrogens is 580 g/mol. The van der Waals surface area contributed by atoms with Crippen LogP contribution in [0.4, 0.5) is 0 Å². The van der Waals surface area contributed by atoms with Crippen LogP contribution >= 0.6 is 0 Å². The van der Waals surface area contributed by atoms with Crippen LogP contribution in [-0.2, 0) is 39.3 Å². The van der Waals surface area contributed by atoms with Crippen molar-refractivity contribution in [2.24, 2.45) is 5.92 Å². The van der Waals surface area contributed by atoms with Crippen molar-refractivity contribution in [1.82, 2.24) is 0 Å². The number of benzene rings is 4. The van der Waals surface area contributed by atoms with Crippen molar-refractivity contribution in [3.05, 3.63) is 140 Å². The first kappa shape index (κ1) is 33.8. The quantitative estimate of drug-likeness (QED) is 0.160. The molecule has 5 rings (SSSR count). The highest BCUT2D eigenvalue weighted by Gasteiger charge is 2.18. The van der Waals surface area contributed by atoms with Crippen LogP contribution < -0.4 is 0 Å². The van der Waals surface area contributed by atoms with Gasteiger partial charge in [-0.05, 0) is 113 Å². The lowest BCUT2D eigenvalue weighted by atomic mass is 9.80. The van der Waals surface area contributed by atoms with Gasteiger partial charge in [-0.3, -0.25) is 0 Å². The molecule has 4 aromatic rings. The molecule has 0 saturated heterocycles. The van der Waals surface area contributed by atoms with Crippen LogP contribution in [0.5, 0.6) is 0 Å². The maximum Gasteiger partial charge on any atom is 0.0682 e. The van der Waals surface area contributed by atoms with Crippen molar-refractivity contribution >= 4 is 0 Å². The van der Waals surface area contributed by atoms with E-state index in [4.69, 9.17) is 0 Å². The number of rotatable bonds is 9. The van der Waals surface area contributed by atoms with Gasteiger partial charge in [-0.2, -0.15) is 0 Å². The number of aliphatic hydroxyl groups is 4. The van der Waals surface area contributed by atoms with E-state index in [0.29, 0.717) is 33.4 Å². The van der Waals surface area contributed by atoms with Crippen LogP contribution in [0.3, 0.4) is 0 Å². The second-order valence-electron chi connectivity index (χ2n) is 12.4. The number of hydrogen-bond acceptors (Lipinski definition) is 4. The van der Waals surface area contributed by atoms with Gasteiger partial charge in [0.15, 0.2) is 0 Å². The van der Waals surface area contributed by atoms with Gasteiger partial charge in [-0.1, -0.05) is 86.3 Å². The third kappa shape index (κ3) is 9.94. The molecule has 4 aromatic carbocycles. The Balaban J connectivity index is 1.54. The van der Waals surface area contributed by atoms with Crippen LogP contribution in [0.1, 0.15) is 106 Å². The predicted molar refractivity (Wildman–Crippen MR) is 187 cm³/mol. The molecule has 1 fully saturated rings. The second kappa shape index (κ2) is 16.8. The molecule has 4 heteroatoms. The molecule has 238 valence electrons. The molecular formula is C43H42O4. The Labute approximate surface area is 279 Å². The van der Waals surface area contributed by atoms with E-state index in [-0.39, 0.29) is 26.4 Å². The average Bonchev–Trinajstić information content (AvgIpc) is 3.09. The van der Waals surface area contributed by atoms with Gasteiger partial charge in [0, 0.05) is 33.4 Å². The third-order valence-electron chi connectivity index (χ3n) is 8.44. The van der Waals surface area contributed by atoms with E-state index in [9.17, 15) is 20.4 Å². The van der Waals surface area contributed by atoms with E-state index in [0.717, 1.165) is 53.9 Å². The van der Waals surface area contributed by atoms with Crippen molar-refractivity contribution in [3.63, 3.8) is 0 Å². The highest BCUT2D eigenvalue weighted by Crippen LogP contribution is 2.30. The molecule has 0 bridgehead atoms. The van der Waals surface area contributed by atoms with E-state index < -0.39 is 0 Å². The van der Waals surface area contributed by atoms with Crippen LogP contribution in [-0.4, -0.2) is 20.4 Å². The third-order valence-corrected chi connectivity index (χ3v) is 8.44. The molecule has 1 aliphatic rings. The largest absolute Gasteiger partial charge is 0.392 e. The maximum atomic E-state index is 9.66. The first-order valence-electron chi connectivity index (χ1n) is 16.5. The normalized spacial score (nSPS) is 12.2. The zero-order valence-corrected chi connectivity index (χ0v) is 27.1. The topological polar surface area (TPSA) is 80.9 Å². The Morgan fingerprint density at radius 1 is 0.468 bits per heavy atom. The van der Waals surface area contributed by atoms with E-state index >= 15 is 0 Å². The Bertz CT molecular complexity index is 1760. The molecule has 4 N–H and O–H groups in total. The van der Waals surface area contributed by atoms with Crippen molar-refractivity contribution in [3.8, 4) is 35.5 Å². The van der Waals surface area contributed by atoms with Gasteiger partial charge >= 0.3 is 0 Å². The fourth-order valence-corrected chi connectivity index (χ4v) is 5.82. The van der Waals surface area contributed by atoms with E-state index in [2.05, 4.69) is 60.6 Å². The molecule has 4 nitrogen and oxygen atoms in total. The smallest absolute Gasteiger partial charge is 0.0682 e. The number of unbranched alkanes of at least 4 members (excludes halogenated alkanes) is 1. The number of hydrogen-bond donors (Lipinski definition) is 4. The van der Waals surface area contributed by atoms with Gasteiger partial charge in [0.05, 0.1) is 26.4 Å². The maximum absolute atomic E-state index is 9.66. The summed E-state index contributed by atoms with van der Waals surface area (Å²) in [6.45, 7) is 1.68. The summed E-state index contributed by atoms with van der Waals surface area (Å²) in [6.07, 6.45) is 8.45. The van der Waals surface area contributed by atoms with E-state index in [1.54, 1.807) is 12.1 Å². The monoisotopic (exact) mass is 622 g/mol. The summed E-state index contributed by atoms with van der Waals surface area (Å²) < 4.78 is 0. The summed E-state index contributed by atoms with van der Waals surface area (Å²) in [5.41, 5.74) is 10.2. The summed E-state index contributed by atoms with van der Waals surface area (Å²) in [5.74, 6) is 20.4. The first-order chi connectivity index (χ1) is 23.0. The lowest BCUT2D eigenvalue weighted by Crippen LogP contribution is -2.13. The van der Waals surface area contributed by atoms with E-state index in [1.165, 1.54) is 30.4 Å². The summed E-state index contributed by atoms with van der Waals surface area (Å²) >= 11 is 0. The van der Waals surface area contributed by atoms with Crippen LogP contribution in [0.2, 0.25) is 0 Å². The Morgan fingerprint density at radius 3 is 1.15 bits per heavy atom. The molecule has 0 atom stereocenters.